The van der Waals surface area contributed by atoms with E-state index in [1.54, 1.807) is 12.1 Å². The van der Waals surface area contributed by atoms with E-state index in [1.807, 2.05) is 18.2 Å². The van der Waals surface area contributed by atoms with Crippen LogP contribution in [0.25, 0.3) is 6.08 Å². The smallest absolute Gasteiger partial charge is 0.268 e. The van der Waals surface area contributed by atoms with E-state index >= 15 is 0 Å². The van der Waals surface area contributed by atoms with E-state index in [9.17, 15) is 4.79 Å². The molecule has 0 spiro atoms. The van der Waals surface area contributed by atoms with Gasteiger partial charge in [0.2, 0.25) is 0 Å². The van der Waals surface area contributed by atoms with E-state index in [1.165, 1.54) is 0 Å². The Labute approximate surface area is 74.2 Å². The molecular weight excluding hydrogens is 174 g/mol. The van der Waals surface area contributed by atoms with Crippen LogP contribution < -0.4 is 10.6 Å². The average Bonchev–Trinajstić information content (AvgIpc) is 2.07. The minimum absolute atomic E-state index is 0.282. The highest BCUT2D eigenvalue weighted by atomic mass is 35.5. The highest BCUT2D eigenvalue weighted by Crippen LogP contribution is 2.01. The lowest BCUT2D eigenvalue weighted by Gasteiger charge is -2.02. The lowest BCUT2D eigenvalue weighted by Crippen LogP contribution is -2.33. The minimum atomic E-state index is -0.597. The largest absolute Gasteiger partial charge is 0.270 e. The van der Waals surface area contributed by atoms with Crippen molar-refractivity contribution in [2.45, 2.75) is 5.38 Å². The predicted molar refractivity (Wildman–Crippen MR) is 46.3 cm³/mol. The second-order valence-electron chi connectivity index (χ2n) is 2.58. The van der Waals surface area contributed by atoms with E-state index in [-0.39, 0.29) is 5.91 Å². The number of benzene rings is 1. The Hall–Kier alpha value is -1.15. The molecule has 2 nitrogen and oxygen atoms in total. The van der Waals surface area contributed by atoms with Gasteiger partial charge in [-0.2, -0.15) is 0 Å². The molecule has 0 saturated carbocycles. The number of carbonyl (C=O) groups excluding carboxylic acids is 1. The quantitative estimate of drug-likeness (QED) is 0.525. The molecule has 1 atom stereocenters. The van der Waals surface area contributed by atoms with Crippen LogP contribution in [0, 0.1) is 0 Å². The first-order valence-corrected chi connectivity index (χ1v) is 4.04. The number of amides is 1. The Morgan fingerprint density at radius 3 is 2.92 bits per heavy atom. The zero-order valence-electron chi connectivity index (χ0n) is 6.20. The van der Waals surface area contributed by atoms with Crippen molar-refractivity contribution in [3.05, 3.63) is 34.8 Å². The molecule has 1 aromatic carbocycles. The molecule has 60 valence electrons. The van der Waals surface area contributed by atoms with Crippen molar-refractivity contribution in [3.8, 4) is 0 Å². The summed E-state index contributed by atoms with van der Waals surface area (Å²) < 4.78 is 0. The SMILES string of the molecule is O=C1N=c2ccccc2=C[C@@H]1Cl. The highest BCUT2D eigenvalue weighted by Gasteiger charge is 2.13. The molecule has 1 aliphatic heterocycles. The van der Waals surface area contributed by atoms with Crippen LogP contribution in [0.2, 0.25) is 0 Å². The number of nitrogens with zero attached hydrogens (tertiary/aromatic N) is 1. The molecule has 3 heteroatoms. The standard InChI is InChI=1S/C9H6ClNO/c10-7-5-6-3-1-2-4-8(6)11-9(7)12/h1-5,7H/t7-/m0/s1. The molecule has 0 N–H and O–H groups in total. The second-order valence-corrected chi connectivity index (χ2v) is 3.05. The molecule has 12 heavy (non-hydrogen) atoms. The van der Waals surface area contributed by atoms with Crippen LogP contribution in [0.5, 0.6) is 0 Å². The summed E-state index contributed by atoms with van der Waals surface area (Å²) in [6.45, 7) is 0. The molecule has 0 radical (unpaired) electrons. The number of hydrogen-bond acceptors (Lipinski definition) is 1. The van der Waals surface area contributed by atoms with Crippen molar-refractivity contribution >= 4 is 23.6 Å². The van der Waals surface area contributed by atoms with Crippen molar-refractivity contribution in [1.82, 2.24) is 0 Å². The van der Waals surface area contributed by atoms with E-state index < -0.39 is 5.38 Å². The third kappa shape index (κ3) is 1.14. The molecule has 0 bridgehead atoms. The summed E-state index contributed by atoms with van der Waals surface area (Å²) in [7, 11) is 0. The first-order chi connectivity index (χ1) is 5.77. The first-order valence-electron chi connectivity index (χ1n) is 3.61. The second kappa shape index (κ2) is 2.72. The zero-order chi connectivity index (χ0) is 8.55. The summed E-state index contributed by atoms with van der Waals surface area (Å²) in [5.41, 5.74) is 0. The van der Waals surface area contributed by atoms with Gasteiger partial charge in [0.05, 0.1) is 5.36 Å². The molecular formula is C9H6ClNO. The van der Waals surface area contributed by atoms with Gasteiger partial charge in [-0.15, -0.1) is 11.6 Å². The van der Waals surface area contributed by atoms with Gasteiger partial charge in [0.1, 0.15) is 5.38 Å². The number of para-hydroxylation sites is 1. The maximum Gasteiger partial charge on any atom is 0.268 e. The molecule has 0 aliphatic carbocycles. The van der Waals surface area contributed by atoms with E-state index in [4.69, 9.17) is 11.6 Å². The molecule has 0 unspecified atom stereocenters. The van der Waals surface area contributed by atoms with Gasteiger partial charge in [0, 0.05) is 0 Å². The number of rotatable bonds is 0. The maximum atomic E-state index is 11.0. The fraction of sp³-hybridized carbons (Fsp3) is 0.111. The normalized spacial score (nSPS) is 20.8. The third-order valence-corrected chi connectivity index (χ3v) is 2.04. The lowest BCUT2D eigenvalue weighted by atomic mass is 10.2. The Bertz CT molecular complexity index is 438. The van der Waals surface area contributed by atoms with Gasteiger partial charge in [-0.25, -0.2) is 4.99 Å². The van der Waals surface area contributed by atoms with Gasteiger partial charge in [-0.1, -0.05) is 18.2 Å². The van der Waals surface area contributed by atoms with Crippen LogP contribution in [0.1, 0.15) is 0 Å². The molecule has 1 aliphatic rings. The number of alkyl halides is 1. The van der Waals surface area contributed by atoms with Gasteiger partial charge in [-0.05, 0) is 17.4 Å². The molecule has 1 aromatic rings. The van der Waals surface area contributed by atoms with Crippen molar-refractivity contribution in [2.75, 3.05) is 0 Å². The van der Waals surface area contributed by atoms with Crippen LogP contribution in [0.3, 0.4) is 0 Å². The monoisotopic (exact) mass is 179 g/mol. The van der Waals surface area contributed by atoms with E-state index in [2.05, 4.69) is 4.99 Å². The summed E-state index contributed by atoms with van der Waals surface area (Å²) in [6, 6.07) is 7.43. The van der Waals surface area contributed by atoms with Crippen LogP contribution >= 0.6 is 11.6 Å². The van der Waals surface area contributed by atoms with Gasteiger partial charge in [0.15, 0.2) is 0 Å². The number of halogens is 1. The fourth-order valence-corrected chi connectivity index (χ4v) is 1.32. The van der Waals surface area contributed by atoms with Crippen LogP contribution in [0.15, 0.2) is 29.3 Å². The number of carbonyl (C=O) groups is 1. The zero-order valence-corrected chi connectivity index (χ0v) is 6.95. The average molecular weight is 180 g/mol. The topological polar surface area (TPSA) is 29.4 Å². The Balaban J connectivity index is 2.79. The van der Waals surface area contributed by atoms with E-state index in [0.29, 0.717) is 5.36 Å². The Kier molecular flexibility index (Phi) is 1.70. The molecule has 1 amide bonds. The highest BCUT2D eigenvalue weighted by molar-refractivity contribution is 6.34. The van der Waals surface area contributed by atoms with Gasteiger partial charge >= 0.3 is 0 Å². The number of hydrogen-bond donors (Lipinski definition) is 0. The summed E-state index contributed by atoms with van der Waals surface area (Å²) >= 11 is 5.70. The van der Waals surface area contributed by atoms with Crippen LogP contribution in [-0.2, 0) is 4.79 Å². The van der Waals surface area contributed by atoms with Crippen molar-refractivity contribution < 1.29 is 4.79 Å². The van der Waals surface area contributed by atoms with Gasteiger partial charge in [0.25, 0.3) is 5.91 Å². The van der Waals surface area contributed by atoms with Gasteiger partial charge < -0.3 is 0 Å². The molecule has 1 heterocycles. The number of fused-ring (bicyclic) bond motifs is 1. The van der Waals surface area contributed by atoms with Crippen molar-refractivity contribution in [2.24, 2.45) is 4.99 Å². The summed E-state index contributed by atoms with van der Waals surface area (Å²) in [4.78, 5) is 14.9. The maximum absolute atomic E-state index is 11.0. The summed E-state index contributed by atoms with van der Waals surface area (Å²) in [6.07, 6.45) is 1.71. The third-order valence-electron chi connectivity index (χ3n) is 1.73. The fourth-order valence-electron chi connectivity index (χ4n) is 1.14. The van der Waals surface area contributed by atoms with Crippen LogP contribution in [0.4, 0.5) is 0 Å². The van der Waals surface area contributed by atoms with Gasteiger partial charge in [-0.3, -0.25) is 4.79 Å². The van der Waals surface area contributed by atoms with Crippen LogP contribution in [-0.4, -0.2) is 11.3 Å². The minimum Gasteiger partial charge on any atom is -0.270 e. The molecule has 0 saturated heterocycles. The predicted octanol–water partition coefficient (Wildman–Crippen LogP) is 0.234. The first kappa shape index (κ1) is 7.50. The molecule has 0 aromatic heterocycles. The van der Waals surface area contributed by atoms with Crippen molar-refractivity contribution in [3.63, 3.8) is 0 Å². The summed E-state index contributed by atoms with van der Waals surface area (Å²) in [5, 5.41) is 1.04. The molecule has 0 fully saturated rings. The lowest BCUT2D eigenvalue weighted by molar-refractivity contribution is -0.116. The molecule has 2 rings (SSSR count). The Morgan fingerprint density at radius 1 is 1.33 bits per heavy atom. The Morgan fingerprint density at radius 2 is 2.08 bits per heavy atom. The van der Waals surface area contributed by atoms with E-state index in [0.717, 1.165) is 5.22 Å². The van der Waals surface area contributed by atoms with Crippen molar-refractivity contribution in [1.29, 1.82) is 0 Å². The summed E-state index contributed by atoms with van der Waals surface area (Å²) in [5.74, 6) is -0.282.